The second-order valence-electron chi connectivity index (χ2n) is 7.38. The van der Waals surface area contributed by atoms with Crippen LogP contribution in [-0.2, 0) is 17.9 Å². The molecule has 2 heterocycles. The number of nitrogens with zero attached hydrogens (tertiary/aromatic N) is 3. The topological polar surface area (TPSA) is 75.6 Å². The number of hydrogen-bond acceptors (Lipinski definition) is 3. The molecule has 0 atom stereocenters. The molecule has 0 aliphatic rings. The molecule has 0 saturated heterocycles. The molecule has 0 spiro atoms. The minimum Gasteiger partial charge on any atom is -0.354 e. The first-order chi connectivity index (χ1) is 14.1. The van der Waals surface area contributed by atoms with Crippen LogP contribution in [0.25, 0.3) is 22.2 Å². The van der Waals surface area contributed by atoms with Crippen LogP contribution in [0, 0.1) is 13.8 Å². The van der Waals surface area contributed by atoms with Crippen LogP contribution in [0.1, 0.15) is 29.5 Å². The Morgan fingerprint density at radius 1 is 1.17 bits per heavy atom. The molecule has 148 valence electrons. The fourth-order valence-corrected chi connectivity index (χ4v) is 3.72. The van der Waals surface area contributed by atoms with Gasteiger partial charge in [0.15, 0.2) is 0 Å². The zero-order valence-electron chi connectivity index (χ0n) is 16.8. The smallest absolute Gasteiger partial charge is 0.220 e. The van der Waals surface area contributed by atoms with Crippen molar-refractivity contribution >= 4 is 16.8 Å². The van der Waals surface area contributed by atoms with Crippen LogP contribution in [-0.4, -0.2) is 25.7 Å². The molecule has 6 heteroatoms. The number of fused-ring (bicyclic) bond motifs is 1. The third kappa shape index (κ3) is 4.21. The fourth-order valence-electron chi connectivity index (χ4n) is 3.72. The standard InChI is InChI=1S/C23H25N5O/c1-16-11-19(13-25-21(29)9-6-10-28-15-24-14-26-28)23-20(12-16)17(2)22(27-23)18-7-4-3-5-8-18/h3-5,7-8,11-12,14-15,27H,6,9-10,13H2,1-2H3,(H,25,29). The van der Waals surface area contributed by atoms with E-state index < -0.39 is 0 Å². The highest BCUT2D eigenvalue weighted by atomic mass is 16.1. The molecular weight excluding hydrogens is 362 g/mol. The quantitative estimate of drug-likeness (QED) is 0.500. The number of aromatic amines is 1. The summed E-state index contributed by atoms with van der Waals surface area (Å²) in [5, 5.41) is 8.33. The average Bonchev–Trinajstić information content (AvgIpc) is 3.35. The van der Waals surface area contributed by atoms with Crippen molar-refractivity contribution in [3.8, 4) is 11.3 Å². The van der Waals surface area contributed by atoms with Crippen LogP contribution in [0.4, 0.5) is 0 Å². The van der Waals surface area contributed by atoms with Crippen LogP contribution in [0.15, 0.2) is 55.1 Å². The molecule has 2 N–H and O–H groups in total. The summed E-state index contributed by atoms with van der Waals surface area (Å²) in [6.07, 6.45) is 4.37. The minimum atomic E-state index is 0.0475. The van der Waals surface area contributed by atoms with Crippen molar-refractivity contribution in [1.82, 2.24) is 25.1 Å². The summed E-state index contributed by atoms with van der Waals surface area (Å²) in [4.78, 5) is 19.8. The predicted molar refractivity (Wildman–Crippen MR) is 114 cm³/mol. The molecule has 4 aromatic rings. The van der Waals surface area contributed by atoms with Gasteiger partial charge in [0.25, 0.3) is 0 Å². The Morgan fingerprint density at radius 3 is 2.76 bits per heavy atom. The van der Waals surface area contributed by atoms with Crippen LogP contribution in [0.2, 0.25) is 0 Å². The van der Waals surface area contributed by atoms with E-state index in [0.717, 1.165) is 23.2 Å². The van der Waals surface area contributed by atoms with E-state index in [2.05, 4.69) is 58.5 Å². The normalized spacial score (nSPS) is 11.1. The van der Waals surface area contributed by atoms with Gasteiger partial charge in [-0.3, -0.25) is 9.48 Å². The lowest BCUT2D eigenvalue weighted by molar-refractivity contribution is -0.121. The van der Waals surface area contributed by atoms with Crippen molar-refractivity contribution in [2.75, 3.05) is 0 Å². The fraction of sp³-hybridized carbons (Fsp3) is 0.261. The average molecular weight is 387 g/mol. The molecular formula is C23H25N5O. The van der Waals surface area contributed by atoms with E-state index in [9.17, 15) is 4.79 Å². The van der Waals surface area contributed by atoms with Gasteiger partial charge in [0, 0.05) is 30.6 Å². The first-order valence-electron chi connectivity index (χ1n) is 9.88. The van der Waals surface area contributed by atoms with Crippen molar-refractivity contribution in [3.05, 3.63) is 71.8 Å². The van der Waals surface area contributed by atoms with Crippen molar-refractivity contribution in [2.24, 2.45) is 0 Å². The maximum absolute atomic E-state index is 12.3. The Balaban J connectivity index is 1.49. The molecule has 6 nitrogen and oxygen atoms in total. The summed E-state index contributed by atoms with van der Waals surface area (Å²) in [5.74, 6) is 0.0475. The lowest BCUT2D eigenvalue weighted by Crippen LogP contribution is -2.23. The summed E-state index contributed by atoms with van der Waals surface area (Å²) in [7, 11) is 0. The van der Waals surface area contributed by atoms with Gasteiger partial charge < -0.3 is 10.3 Å². The number of benzene rings is 2. The van der Waals surface area contributed by atoms with Crippen molar-refractivity contribution in [2.45, 2.75) is 39.8 Å². The summed E-state index contributed by atoms with van der Waals surface area (Å²) < 4.78 is 1.74. The van der Waals surface area contributed by atoms with Gasteiger partial charge in [-0.15, -0.1) is 0 Å². The molecule has 4 rings (SSSR count). The van der Waals surface area contributed by atoms with Gasteiger partial charge in [0.1, 0.15) is 12.7 Å². The Hall–Kier alpha value is -3.41. The molecule has 2 aromatic heterocycles. The number of carbonyl (C=O) groups is 1. The summed E-state index contributed by atoms with van der Waals surface area (Å²) in [6.45, 7) is 5.44. The molecule has 0 aliphatic heterocycles. The number of aromatic nitrogens is 4. The summed E-state index contributed by atoms with van der Waals surface area (Å²) >= 11 is 0. The van der Waals surface area contributed by atoms with E-state index in [-0.39, 0.29) is 5.91 Å². The second kappa shape index (κ2) is 8.31. The number of amides is 1. The zero-order valence-corrected chi connectivity index (χ0v) is 16.8. The Kier molecular flexibility index (Phi) is 5.42. The Labute approximate surface area is 170 Å². The van der Waals surface area contributed by atoms with Gasteiger partial charge >= 0.3 is 0 Å². The van der Waals surface area contributed by atoms with Gasteiger partial charge in [0.2, 0.25) is 5.91 Å². The zero-order chi connectivity index (χ0) is 20.2. The van der Waals surface area contributed by atoms with E-state index in [0.29, 0.717) is 19.5 Å². The number of carbonyl (C=O) groups excluding carboxylic acids is 1. The van der Waals surface area contributed by atoms with Gasteiger partial charge in [-0.2, -0.15) is 5.10 Å². The second-order valence-corrected chi connectivity index (χ2v) is 7.38. The molecule has 29 heavy (non-hydrogen) atoms. The first kappa shape index (κ1) is 18.9. The third-order valence-electron chi connectivity index (χ3n) is 5.19. The number of H-pyrrole nitrogens is 1. The summed E-state index contributed by atoms with van der Waals surface area (Å²) in [5.41, 5.74) is 6.92. The number of nitrogens with one attached hydrogen (secondary N) is 2. The Bertz CT molecular complexity index is 1110. The number of hydrogen-bond donors (Lipinski definition) is 2. The van der Waals surface area contributed by atoms with Crippen molar-refractivity contribution in [1.29, 1.82) is 0 Å². The number of aryl methyl sites for hydroxylation is 3. The van der Waals surface area contributed by atoms with E-state index >= 15 is 0 Å². The first-order valence-corrected chi connectivity index (χ1v) is 9.88. The van der Waals surface area contributed by atoms with Gasteiger partial charge in [-0.25, -0.2) is 4.98 Å². The van der Waals surface area contributed by atoms with Gasteiger partial charge in [-0.1, -0.05) is 42.0 Å². The highest BCUT2D eigenvalue weighted by Gasteiger charge is 2.13. The monoisotopic (exact) mass is 387 g/mol. The van der Waals surface area contributed by atoms with Crippen LogP contribution in [0.5, 0.6) is 0 Å². The molecule has 0 fully saturated rings. The van der Waals surface area contributed by atoms with Crippen LogP contribution < -0.4 is 5.32 Å². The highest BCUT2D eigenvalue weighted by Crippen LogP contribution is 2.32. The van der Waals surface area contributed by atoms with Gasteiger partial charge in [0.05, 0.1) is 5.52 Å². The minimum absolute atomic E-state index is 0.0475. The molecule has 1 amide bonds. The van der Waals surface area contributed by atoms with E-state index in [1.807, 2.05) is 18.2 Å². The van der Waals surface area contributed by atoms with Crippen molar-refractivity contribution in [3.63, 3.8) is 0 Å². The van der Waals surface area contributed by atoms with E-state index in [1.165, 1.54) is 28.4 Å². The Morgan fingerprint density at radius 2 is 2.00 bits per heavy atom. The number of rotatable bonds is 7. The molecule has 0 radical (unpaired) electrons. The highest BCUT2D eigenvalue weighted by molar-refractivity contribution is 5.93. The maximum atomic E-state index is 12.3. The lowest BCUT2D eigenvalue weighted by atomic mass is 10.0. The third-order valence-corrected chi connectivity index (χ3v) is 5.19. The predicted octanol–water partition coefficient (Wildman–Crippen LogP) is 4.14. The summed E-state index contributed by atoms with van der Waals surface area (Å²) in [6, 6.07) is 14.7. The molecule has 2 aromatic carbocycles. The van der Waals surface area contributed by atoms with Crippen LogP contribution in [0.3, 0.4) is 0 Å². The molecule has 0 aliphatic carbocycles. The van der Waals surface area contributed by atoms with E-state index in [4.69, 9.17) is 0 Å². The van der Waals surface area contributed by atoms with E-state index in [1.54, 1.807) is 11.0 Å². The largest absolute Gasteiger partial charge is 0.354 e. The SMILES string of the molecule is Cc1cc(CNC(=O)CCCn2cncn2)c2[nH]c(-c3ccccc3)c(C)c2c1. The van der Waals surface area contributed by atoms with Crippen LogP contribution >= 0.6 is 0 Å². The molecule has 0 bridgehead atoms. The molecule has 0 unspecified atom stereocenters. The molecule has 0 saturated carbocycles. The van der Waals surface area contributed by atoms with Gasteiger partial charge in [-0.05, 0) is 43.0 Å². The lowest BCUT2D eigenvalue weighted by Gasteiger charge is -2.08. The van der Waals surface area contributed by atoms with Crippen molar-refractivity contribution < 1.29 is 4.79 Å². The maximum Gasteiger partial charge on any atom is 0.220 e.